The molecular weight excluding hydrogens is 506 g/mol. The topological polar surface area (TPSA) is 81.4 Å². The Labute approximate surface area is 225 Å². The van der Waals surface area contributed by atoms with E-state index in [4.69, 9.17) is 17.2 Å². The number of aromatic nitrogens is 2. The van der Waals surface area contributed by atoms with Gasteiger partial charge in [-0.1, -0.05) is 60.4 Å². The van der Waals surface area contributed by atoms with E-state index in [9.17, 15) is 14.7 Å². The Balaban J connectivity index is 1.55. The van der Waals surface area contributed by atoms with Gasteiger partial charge in [0.1, 0.15) is 15.8 Å². The number of aliphatic hydroxyl groups excluding tert-OH is 1. The maximum Gasteiger partial charge on any atom is 0.267 e. The third-order valence-electron chi connectivity index (χ3n) is 6.84. The first-order valence-electron chi connectivity index (χ1n) is 12.3. The predicted molar refractivity (Wildman–Crippen MR) is 152 cm³/mol. The van der Waals surface area contributed by atoms with Crippen LogP contribution in [0.3, 0.4) is 0 Å². The summed E-state index contributed by atoms with van der Waals surface area (Å²) in [6, 6.07) is 13.3. The Morgan fingerprint density at radius 2 is 1.84 bits per heavy atom. The molecule has 37 heavy (non-hydrogen) atoms. The number of thiocarbonyl (C=S) groups is 1. The van der Waals surface area contributed by atoms with E-state index in [1.54, 1.807) is 21.6 Å². The quantitative estimate of drug-likeness (QED) is 0.381. The molecule has 0 bridgehead atoms. The second-order valence-corrected chi connectivity index (χ2v) is 11.0. The van der Waals surface area contributed by atoms with E-state index in [0.717, 1.165) is 24.2 Å². The average molecular weight is 536 g/mol. The number of aryl methyl sites for hydroxylation is 1. The number of aliphatic hydroxyl groups is 1. The van der Waals surface area contributed by atoms with Crippen molar-refractivity contribution in [2.45, 2.75) is 19.9 Å². The predicted octanol–water partition coefficient (Wildman–Crippen LogP) is 3.08. The molecule has 2 aliphatic rings. The molecule has 4 heterocycles. The maximum absolute atomic E-state index is 13.8. The molecule has 1 aromatic carbocycles. The molecule has 2 fully saturated rings. The van der Waals surface area contributed by atoms with E-state index in [1.165, 1.54) is 11.8 Å². The summed E-state index contributed by atoms with van der Waals surface area (Å²) in [5, 5.41) is 9.29. The summed E-state index contributed by atoms with van der Waals surface area (Å²) in [5.41, 5.74) is 2.65. The van der Waals surface area contributed by atoms with Crippen LogP contribution in [0.2, 0.25) is 0 Å². The van der Waals surface area contributed by atoms with Crippen LogP contribution >= 0.6 is 24.0 Å². The molecule has 3 aromatic rings. The summed E-state index contributed by atoms with van der Waals surface area (Å²) in [7, 11) is 0. The Hall–Kier alpha value is -3.05. The van der Waals surface area contributed by atoms with Crippen molar-refractivity contribution >= 4 is 51.7 Å². The summed E-state index contributed by atoms with van der Waals surface area (Å²) >= 11 is 6.82. The van der Waals surface area contributed by atoms with Crippen molar-refractivity contribution in [2.75, 3.05) is 44.2 Å². The van der Waals surface area contributed by atoms with Gasteiger partial charge in [-0.25, -0.2) is 4.98 Å². The molecule has 0 saturated carbocycles. The molecule has 1 N–H and O–H groups in total. The van der Waals surface area contributed by atoms with Crippen LogP contribution in [-0.4, -0.2) is 73.8 Å². The molecular formula is C27H29N5O3S2. The monoisotopic (exact) mass is 535 g/mol. The minimum Gasteiger partial charge on any atom is -0.395 e. The van der Waals surface area contributed by atoms with Crippen LogP contribution in [0.15, 0.2) is 58.4 Å². The van der Waals surface area contributed by atoms with Gasteiger partial charge in [0.2, 0.25) is 0 Å². The molecule has 1 amide bonds. The number of thioether (sulfide) groups is 1. The molecule has 2 saturated heterocycles. The van der Waals surface area contributed by atoms with Gasteiger partial charge in [0.25, 0.3) is 11.5 Å². The molecule has 0 spiro atoms. The molecule has 192 valence electrons. The fourth-order valence-electron chi connectivity index (χ4n) is 4.76. The van der Waals surface area contributed by atoms with Crippen molar-refractivity contribution < 1.29 is 9.90 Å². The van der Waals surface area contributed by atoms with Gasteiger partial charge in [0.05, 0.1) is 23.1 Å². The number of fused-ring (bicyclic) bond motifs is 1. The van der Waals surface area contributed by atoms with Crippen LogP contribution < -0.4 is 10.5 Å². The lowest BCUT2D eigenvalue weighted by molar-refractivity contribution is -0.123. The number of pyridine rings is 1. The molecule has 5 rings (SSSR count). The van der Waals surface area contributed by atoms with Crippen LogP contribution in [0, 0.1) is 6.92 Å². The van der Waals surface area contributed by atoms with Crippen LogP contribution in [0.25, 0.3) is 11.7 Å². The standard InChI is InChI=1S/C27H29N5O3S2/c1-18-8-9-23-28-24(30-12-10-29(11-13-30)14-15-33)21(25(34)31(23)17-18)16-22-26(35)32(27(36)37-22)19(2)20-6-4-3-5-7-20/h3-9,16-17,19,33H,10-15H2,1-2H3/b22-16-/t19-/m1/s1. The Bertz CT molecular complexity index is 1430. The van der Waals surface area contributed by atoms with Gasteiger partial charge in [-0.05, 0) is 37.1 Å². The molecule has 2 aromatic heterocycles. The van der Waals surface area contributed by atoms with Crippen molar-refractivity contribution in [2.24, 2.45) is 0 Å². The highest BCUT2D eigenvalue weighted by Gasteiger charge is 2.36. The number of carbonyl (C=O) groups excluding carboxylic acids is 1. The average Bonchev–Trinajstić information content (AvgIpc) is 3.19. The largest absolute Gasteiger partial charge is 0.395 e. The van der Waals surface area contributed by atoms with Gasteiger partial charge in [0, 0.05) is 38.9 Å². The van der Waals surface area contributed by atoms with Crippen molar-refractivity contribution in [3.63, 3.8) is 0 Å². The SMILES string of the molecule is Cc1ccc2nc(N3CCN(CCO)CC3)c(/C=C3\SC(=S)N([C@H](C)c4ccccc4)C3=O)c(=O)n2c1. The Kier molecular flexibility index (Phi) is 7.43. The summed E-state index contributed by atoms with van der Waals surface area (Å²) in [5.74, 6) is 0.359. The normalized spacial score (nSPS) is 18.8. The lowest BCUT2D eigenvalue weighted by Crippen LogP contribution is -2.48. The summed E-state index contributed by atoms with van der Waals surface area (Å²) in [6.45, 7) is 7.46. The van der Waals surface area contributed by atoms with Crippen LogP contribution in [-0.2, 0) is 4.79 Å². The zero-order valence-corrected chi connectivity index (χ0v) is 22.5. The van der Waals surface area contributed by atoms with Gasteiger partial charge < -0.3 is 10.0 Å². The molecule has 1 atom stereocenters. The van der Waals surface area contributed by atoms with Gasteiger partial charge in [-0.2, -0.15) is 0 Å². The molecule has 0 radical (unpaired) electrons. The number of carbonyl (C=O) groups is 1. The van der Waals surface area contributed by atoms with E-state index < -0.39 is 0 Å². The van der Waals surface area contributed by atoms with Crippen molar-refractivity contribution in [1.29, 1.82) is 0 Å². The van der Waals surface area contributed by atoms with E-state index >= 15 is 0 Å². The van der Waals surface area contributed by atoms with Gasteiger partial charge >= 0.3 is 0 Å². The Morgan fingerprint density at radius 1 is 1.11 bits per heavy atom. The number of amides is 1. The lowest BCUT2D eigenvalue weighted by atomic mass is 10.1. The highest BCUT2D eigenvalue weighted by Crippen LogP contribution is 2.38. The van der Waals surface area contributed by atoms with Crippen LogP contribution in [0.5, 0.6) is 0 Å². The zero-order chi connectivity index (χ0) is 26.1. The molecule has 2 aliphatic heterocycles. The van der Waals surface area contributed by atoms with E-state index in [1.807, 2.05) is 56.3 Å². The van der Waals surface area contributed by atoms with Gasteiger partial charge in [-0.3, -0.25) is 23.8 Å². The molecule has 0 unspecified atom stereocenters. The first-order chi connectivity index (χ1) is 17.9. The third-order valence-corrected chi connectivity index (χ3v) is 8.17. The number of rotatable bonds is 6. The van der Waals surface area contributed by atoms with Crippen LogP contribution in [0.1, 0.15) is 29.7 Å². The fraction of sp³-hybridized carbons (Fsp3) is 0.333. The first kappa shape index (κ1) is 25.6. The lowest BCUT2D eigenvalue weighted by Gasteiger charge is -2.35. The van der Waals surface area contributed by atoms with E-state index in [0.29, 0.717) is 45.9 Å². The number of nitrogens with zero attached hydrogens (tertiary/aromatic N) is 5. The summed E-state index contributed by atoms with van der Waals surface area (Å²) < 4.78 is 2.01. The number of hydrogen-bond acceptors (Lipinski definition) is 8. The highest BCUT2D eigenvalue weighted by molar-refractivity contribution is 8.26. The molecule has 10 heteroatoms. The van der Waals surface area contributed by atoms with Crippen LogP contribution in [0.4, 0.5) is 5.82 Å². The van der Waals surface area contributed by atoms with Gasteiger partial charge in [0.15, 0.2) is 0 Å². The minimum absolute atomic E-state index is 0.115. The summed E-state index contributed by atoms with van der Waals surface area (Å²) in [4.78, 5) is 38.5. The van der Waals surface area contributed by atoms with Crippen molar-refractivity contribution in [3.05, 3.63) is 80.6 Å². The van der Waals surface area contributed by atoms with E-state index in [-0.39, 0.29) is 24.1 Å². The highest BCUT2D eigenvalue weighted by atomic mass is 32.2. The zero-order valence-electron chi connectivity index (χ0n) is 20.8. The van der Waals surface area contributed by atoms with E-state index in [2.05, 4.69) is 9.80 Å². The number of benzene rings is 1. The number of hydrogen-bond donors (Lipinski definition) is 1. The fourth-order valence-corrected chi connectivity index (χ4v) is 6.16. The number of anilines is 1. The van der Waals surface area contributed by atoms with Gasteiger partial charge in [-0.15, -0.1) is 0 Å². The maximum atomic E-state index is 13.8. The molecule has 0 aliphatic carbocycles. The van der Waals surface area contributed by atoms with Crippen molar-refractivity contribution in [3.8, 4) is 0 Å². The second kappa shape index (κ2) is 10.7. The number of β-amino-alcohol motifs (C(OH)–C–C–N with tert-alkyl or cyclic N) is 1. The Morgan fingerprint density at radius 3 is 2.54 bits per heavy atom. The molecule has 8 nitrogen and oxygen atoms in total. The first-order valence-corrected chi connectivity index (χ1v) is 13.5. The third kappa shape index (κ3) is 5.06. The second-order valence-electron chi connectivity index (χ2n) is 9.28. The van der Waals surface area contributed by atoms with Crippen molar-refractivity contribution in [1.82, 2.24) is 19.2 Å². The smallest absolute Gasteiger partial charge is 0.267 e. The minimum atomic E-state index is -0.225. The summed E-state index contributed by atoms with van der Waals surface area (Å²) in [6.07, 6.45) is 3.43. The number of piperazine rings is 1.